The highest BCUT2D eigenvalue weighted by atomic mass is 32.2. The molecule has 0 aliphatic carbocycles. The second-order valence-corrected chi connectivity index (χ2v) is 7.83. The quantitative estimate of drug-likeness (QED) is 0.310. The van der Waals surface area contributed by atoms with Crippen LogP contribution in [-0.2, 0) is 28.6 Å². The predicted octanol–water partition coefficient (Wildman–Crippen LogP) is 0.782. The van der Waals surface area contributed by atoms with Crippen LogP contribution >= 0.6 is 0 Å². The number of oxime groups is 1. The summed E-state index contributed by atoms with van der Waals surface area (Å²) in [6.07, 6.45) is 0.441. The summed E-state index contributed by atoms with van der Waals surface area (Å²) in [7, 11) is -0.452. The molecule has 11 heteroatoms. The van der Waals surface area contributed by atoms with Crippen molar-refractivity contribution in [1.82, 2.24) is 0 Å². The Balaban J connectivity index is 1.71. The highest BCUT2D eigenvalue weighted by Crippen LogP contribution is 2.41. The number of methoxy groups -OCH3 is 2. The lowest BCUT2D eigenvalue weighted by Crippen LogP contribution is -2.36. The van der Waals surface area contributed by atoms with E-state index in [0.29, 0.717) is 41.7 Å². The van der Waals surface area contributed by atoms with Crippen molar-refractivity contribution in [3.63, 3.8) is 0 Å². The normalized spacial score (nSPS) is 20.5. The summed E-state index contributed by atoms with van der Waals surface area (Å²) in [4.78, 5) is 5.37. The van der Waals surface area contributed by atoms with Crippen LogP contribution in [0.2, 0.25) is 0 Å². The first-order valence-corrected chi connectivity index (χ1v) is 10.4. The summed E-state index contributed by atoms with van der Waals surface area (Å²) < 4.78 is 54.3. The van der Waals surface area contributed by atoms with E-state index in [9.17, 15) is 8.42 Å². The van der Waals surface area contributed by atoms with Crippen molar-refractivity contribution in [2.45, 2.75) is 6.10 Å². The van der Waals surface area contributed by atoms with Crippen LogP contribution in [0, 0.1) is 5.92 Å². The minimum atomic E-state index is -3.57. The Kier molecular flexibility index (Phi) is 6.60. The van der Waals surface area contributed by atoms with Gasteiger partial charge in [-0.25, -0.2) is 0 Å². The highest BCUT2D eigenvalue weighted by molar-refractivity contribution is 7.85. The number of hydrogen-bond acceptors (Lipinski definition) is 10. The molecule has 2 atom stereocenters. The van der Waals surface area contributed by atoms with Crippen LogP contribution in [0.3, 0.4) is 0 Å². The summed E-state index contributed by atoms with van der Waals surface area (Å²) in [5.41, 5.74) is 1.35. The molecule has 2 aliphatic heterocycles. The molecule has 0 spiro atoms. The van der Waals surface area contributed by atoms with Crippen molar-refractivity contribution >= 4 is 15.8 Å². The summed E-state index contributed by atoms with van der Waals surface area (Å²) in [6.45, 7) is 1.06. The topological polar surface area (TPSA) is 111 Å². The number of ether oxygens (including phenoxy) is 5. The van der Waals surface area contributed by atoms with Gasteiger partial charge in [0.05, 0.1) is 32.5 Å². The van der Waals surface area contributed by atoms with E-state index in [2.05, 4.69) is 5.16 Å². The largest absolute Gasteiger partial charge is 0.493 e. The molecular weight excluding hydrogens is 394 g/mol. The van der Waals surface area contributed by atoms with Crippen molar-refractivity contribution in [3.05, 3.63) is 17.7 Å². The summed E-state index contributed by atoms with van der Waals surface area (Å²) in [5.74, 6) is 1.27. The van der Waals surface area contributed by atoms with Crippen molar-refractivity contribution in [2.75, 3.05) is 53.7 Å². The van der Waals surface area contributed by atoms with Gasteiger partial charge in [-0.1, -0.05) is 5.16 Å². The van der Waals surface area contributed by atoms with Gasteiger partial charge in [-0.3, -0.25) is 4.18 Å². The van der Waals surface area contributed by atoms with E-state index in [-0.39, 0.29) is 25.9 Å². The van der Waals surface area contributed by atoms with Gasteiger partial charge < -0.3 is 28.5 Å². The van der Waals surface area contributed by atoms with Crippen LogP contribution in [0.4, 0.5) is 0 Å². The first-order chi connectivity index (χ1) is 13.4. The van der Waals surface area contributed by atoms with E-state index >= 15 is 0 Å². The molecule has 2 heterocycles. The van der Waals surface area contributed by atoms with Gasteiger partial charge >= 0.3 is 0 Å². The Morgan fingerprint density at radius 1 is 1.21 bits per heavy atom. The Hall–Kier alpha value is -2.08. The minimum absolute atomic E-state index is 0.0378. The van der Waals surface area contributed by atoms with Gasteiger partial charge in [-0.05, 0) is 6.07 Å². The molecule has 0 aromatic heterocycles. The second-order valence-electron chi connectivity index (χ2n) is 6.19. The maximum Gasteiger partial charge on any atom is 0.264 e. The molecule has 0 bridgehead atoms. The Labute approximate surface area is 163 Å². The van der Waals surface area contributed by atoms with E-state index < -0.39 is 16.2 Å². The molecule has 0 saturated heterocycles. The molecule has 1 aromatic rings. The third-order valence-corrected chi connectivity index (χ3v) is 4.79. The maximum absolute atomic E-state index is 11.2. The van der Waals surface area contributed by atoms with Gasteiger partial charge in [0.1, 0.15) is 24.7 Å². The van der Waals surface area contributed by atoms with Gasteiger partial charge in [-0.15, -0.1) is 0 Å². The molecule has 1 aromatic carbocycles. The monoisotopic (exact) mass is 417 g/mol. The Morgan fingerprint density at radius 2 is 2.04 bits per heavy atom. The fraction of sp³-hybridized carbons (Fsp3) is 0.588. The highest BCUT2D eigenvalue weighted by Gasteiger charge is 2.41. The van der Waals surface area contributed by atoms with Crippen molar-refractivity contribution in [1.29, 1.82) is 0 Å². The standard InChI is InChI=1S/C17H23NO9S/c1-21-4-5-23-10-25-15-7-13-11(6-14(15)22-2)17-12(8-24-13)16(27-18-17)9-26-28(3,19)20/h6-7,12,16H,4-5,8-10H2,1-3H3. The SMILES string of the molecule is COCCOCOc1cc2c(cc1OC)C1=NOC(COS(C)(=O)=O)C1CO2. The number of nitrogens with zero attached hydrogens (tertiary/aromatic N) is 1. The van der Waals surface area contributed by atoms with Gasteiger partial charge in [0, 0.05) is 18.7 Å². The van der Waals surface area contributed by atoms with Crippen LogP contribution in [0.25, 0.3) is 0 Å². The molecular formula is C17H23NO9S. The first-order valence-electron chi connectivity index (χ1n) is 8.55. The summed E-state index contributed by atoms with van der Waals surface area (Å²) >= 11 is 0. The van der Waals surface area contributed by atoms with Crippen molar-refractivity contribution in [3.8, 4) is 17.2 Å². The maximum atomic E-state index is 11.2. The van der Waals surface area contributed by atoms with E-state index in [4.69, 9.17) is 32.7 Å². The van der Waals surface area contributed by atoms with Crippen LogP contribution in [0.1, 0.15) is 5.56 Å². The van der Waals surface area contributed by atoms with E-state index in [0.717, 1.165) is 6.26 Å². The lowest BCUT2D eigenvalue weighted by Gasteiger charge is -2.26. The molecule has 10 nitrogen and oxygen atoms in total. The molecule has 3 rings (SSSR count). The van der Waals surface area contributed by atoms with Crippen molar-refractivity contribution in [2.24, 2.45) is 11.1 Å². The first kappa shape index (κ1) is 20.6. The van der Waals surface area contributed by atoms with Gasteiger partial charge in [-0.2, -0.15) is 8.42 Å². The van der Waals surface area contributed by atoms with Crippen LogP contribution in [0.5, 0.6) is 17.2 Å². The van der Waals surface area contributed by atoms with E-state index in [1.54, 1.807) is 19.2 Å². The molecule has 2 unspecified atom stereocenters. The van der Waals surface area contributed by atoms with Gasteiger partial charge in [0.25, 0.3) is 10.1 Å². The minimum Gasteiger partial charge on any atom is -0.493 e. The molecule has 0 fully saturated rings. The number of rotatable bonds is 10. The average molecular weight is 417 g/mol. The van der Waals surface area contributed by atoms with E-state index in [1.807, 2.05) is 0 Å². The zero-order valence-corrected chi connectivity index (χ0v) is 16.7. The fourth-order valence-corrected chi connectivity index (χ4v) is 3.21. The van der Waals surface area contributed by atoms with E-state index in [1.165, 1.54) is 7.11 Å². The molecule has 2 aliphatic rings. The average Bonchev–Trinajstić information content (AvgIpc) is 3.08. The smallest absolute Gasteiger partial charge is 0.264 e. The second kappa shape index (κ2) is 8.95. The molecule has 0 radical (unpaired) electrons. The Morgan fingerprint density at radius 3 is 2.75 bits per heavy atom. The van der Waals surface area contributed by atoms with Crippen LogP contribution in [0.15, 0.2) is 17.3 Å². The lowest BCUT2D eigenvalue weighted by atomic mass is 9.90. The molecule has 28 heavy (non-hydrogen) atoms. The zero-order chi connectivity index (χ0) is 20.1. The van der Waals surface area contributed by atoms with Gasteiger partial charge in [0.15, 0.2) is 24.4 Å². The fourth-order valence-electron chi connectivity index (χ4n) is 2.83. The predicted molar refractivity (Wildman–Crippen MR) is 97.5 cm³/mol. The number of fused-ring (bicyclic) bond motifs is 3. The van der Waals surface area contributed by atoms with Crippen molar-refractivity contribution < 1.29 is 41.1 Å². The summed E-state index contributed by atoms with van der Waals surface area (Å²) in [5, 5.41) is 4.11. The zero-order valence-electron chi connectivity index (χ0n) is 15.9. The molecule has 0 saturated carbocycles. The van der Waals surface area contributed by atoms with Gasteiger partial charge in [0.2, 0.25) is 0 Å². The lowest BCUT2D eigenvalue weighted by molar-refractivity contribution is -0.00962. The summed E-state index contributed by atoms with van der Waals surface area (Å²) in [6, 6.07) is 3.45. The Bertz CT molecular complexity index is 824. The molecule has 0 N–H and O–H groups in total. The molecule has 0 amide bonds. The number of hydrogen-bond donors (Lipinski definition) is 0. The molecule has 156 valence electrons. The third kappa shape index (κ3) is 4.85. The van der Waals surface area contributed by atoms with Crippen LogP contribution in [-0.4, -0.2) is 73.9 Å². The number of benzene rings is 1. The van der Waals surface area contributed by atoms with Crippen LogP contribution < -0.4 is 14.2 Å². The third-order valence-electron chi connectivity index (χ3n) is 4.22.